The highest BCUT2D eigenvalue weighted by Crippen LogP contribution is 2.32. The molecule has 0 unspecified atom stereocenters. The van der Waals surface area contributed by atoms with Crippen molar-refractivity contribution < 1.29 is 8.42 Å². The monoisotopic (exact) mass is 441 g/mol. The summed E-state index contributed by atoms with van der Waals surface area (Å²) in [5, 5.41) is 9.46. The summed E-state index contributed by atoms with van der Waals surface area (Å²) in [6.07, 6.45) is 4.50. The molecule has 1 aliphatic rings. The number of aromatic nitrogens is 4. The highest BCUT2D eigenvalue weighted by molar-refractivity contribution is 7.91. The number of hydrogen-bond acceptors (Lipinski definition) is 6. The van der Waals surface area contributed by atoms with Gasteiger partial charge in [-0.25, -0.2) is 13.4 Å². The first kappa shape index (κ1) is 19.3. The molecular formula is C21H20ClN5O2S. The summed E-state index contributed by atoms with van der Waals surface area (Å²) < 4.78 is 28.0. The van der Waals surface area contributed by atoms with Crippen molar-refractivity contribution in [1.82, 2.24) is 19.8 Å². The van der Waals surface area contributed by atoms with E-state index in [2.05, 4.69) is 15.2 Å². The maximum Gasteiger partial charge on any atom is 0.229 e. The van der Waals surface area contributed by atoms with Gasteiger partial charge in [-0.2, -0.15) is 4.52 Å². The summed E-state index contributed by atoms with van der Waals surface area (Å²) in [5.41, 5.74) is 0.957. The van der Waals surface area contributed by atoms with Gasteiger partial charge in [-0.05, 0) is 43.2 Å². The third kappa shape index (κ3) is 3.20. The molecule has 9 heteroatoms. The van der Waals surface area contributed by atoms with Crippen LogP contribution in [0.4, 0.5) is 5.82 Å². The number of halogens is 1. The number of anilines is 1. The maximum absolute atomic E-state index is 13.3. The van der Waals surface area contributed by atoms with Crippen LogP contribution in [-0.4, -0.2) is 41.3 Å². The largest absolute Gasteiger partial charge is 0.356 e. The van der Waals surface area contributed by atoms with Gasteiger partial charge in [0.25, 0.3) is 0 Å². The quantitative estimate of drug-likeness (QED) is 0.475. The predicted octanol–water partition coefficient (Wildman–Crippen LogP) is 4.14. The molecule has 154 valence electrons. The summed E-state index contributed by atoms with van der Waals surface area (Å²) >= 11 is 6.28. The van der Waals surface area contributed by atoms with Gasteiger partial charge in [-0.1, -0.05) is 47.9 Å². The third-order valence-corrected chi connectivity index (χ3v) is 7.37. The van der Waals surface area contributed by atoms with Gasteiger partial charge in [-0.15, -0.1) is 5.10 Å². The summed E-state index contributed by atoms with van der Waals surface area (Å²) in [6, 6.07) is 13.7. The van der Waals surface area contributed by atoms with Gasteiger partial charge in [-0.3, -0.25) is 0 Å². The Hall–Kier alpha value is -2.71. The minimum Gasteiger partial charge on any atom is -0.356 e. The van der Waals surface area contributed by atoms with E-state index in [-0.39, 0.29) is 15.6 Å². The summed E-state index contributed by atoms with van der Waals surface area (Å²) in [4.78, 5) is 7.18. The smallest absolute Gasteiger partial charge is 0.229 e. The Bertz CT molecular complexity index is 1330. The normalized spacial score (nSPS) is 15.6. The first-order chi connectivity index (χ1) is 14.6. The fourth-order valence-electron chi connectivity index (χ4n) is 3.96. The van der Waals surface area contributed by atoms with E-state index in [1.807, 2.05) is 12.1 Å². The van der Waals surface area contributed by atoms with Gasteiger partial charge < -0.3 is 4.90 Å². The summed E-state index contributed by atoms with van der Waals surface area (Å²) in [6.45, 7) is 1.74. The highest BCUT2D eigenvalue weighted by atomic mass is 35.5. The van der Waals surface area contributed by atoms with Crippen molar-refractivity contribution in [3.05, 3.63) is 53.6 Å². The zero-order valence-electron chi connectivity index (χ0n) is 16.2. The van der Waals surface area contributed by atoms with Crippen molar-refractivity contribution in [2.75, 3.05) is 18.0 Å². The molecule has 0 saturated carbocycles. The molecule has 1 aliphatic heterocycles. The van der Waals surface area contributed by atoms with E-state index >= 15 is 0 Å². The Morgan fingerprint density at radius 1 is 0.933 bits per heavy atom. The zero-order chi connectivity index (χ0) is 20.7. The van der Waals surface area contributed by atoms with Crippen LogP contribution in [0.1, 0.15) is 25.7 Å². The molecule has 0 aliphatic carbocycles. The van der Waals surface area contributed by atoms with Crippen LogP contribution >= 0.6 is 11.6 Å². The molecule has 4 aromatic rings. The average molecular weight is 442 g/mol. The van der Waals surface area contributed by atoms with Crippen molar-refractivity contribution >= 4 is 43.8 Å². The molecule has 1 saturated heterocycles. The van der Waals surface area contributed by atoms with E-state index in [0.717, 1.165) is 42.7 Å². The molecule has 0 spiro atoms. The molecule has 7 nitrogen and oxygen atoms in total. The Kier molecular flexibility index (Phi) is 4.83. The summed E-state index contributed by atoms with van der Waals surface area (Å²) in [5.74, 6) is 0.730. The number of benzene rings is 2. The van der Waals surface area contributed by atoms with E-state index in [4.69, 9.17) is 16.6 Å². The Morgan fingerprint density at radius 2 is 1.67 bits per heavy atom. The molecule has 1 fully saturated rings. The lowest BCUT2D eigenvalue weighted by Gasteiger charge is -2.23. The molecule has 2 aromatic carbocycles. The van der Waals surface area contributed by atoms with E-state index < -0.39 is 9.84 Å². The van der Waals surface area contributed by atoms with Crippen LogP contribution in [0.5, 0.6) is 0 Å². The van der Waals surface area contributed by atoms with Crippen LogP contribution in [-0.2, 0) is 9.84 Å². The molecular weight excluding hydrogens is 422 g/mol. The molecule has 30 heavy (non-hydrogen) atoms. The van der Waals surface area contributed by atoms with Crippen LogP contribution < -0.4 is 4.90 Å². The number of sulfone groups is 1. The number of rotatable bonds is 3. The van der Waals surface area contributed by atoms with Crippen molar-refractivity contribution in [2.24, 2.45) is 0 Å². The van der Waals surface area contributed by atoms with Crippen molar-refractivity contribution in [3.8, 4) is 0 Å². The minimum absolute atomic E-state index is 0.137. The molecule has 2 aromatic heterocycles. The highest BCUT2D eigenvalue weighted by Gasteiger charge is 2.28. The zero-order valence-corrected chi connectivity index (χ0v) is 17.8. The van der Waals surface area contributed by atoms with Gasteiger partial charge in [0, 0.05) is 23.5 Å². The second-order valence-corrected chi connectivity index (χ2v) is 9.75. The molecule has 0 amide bonds. The van der Waals surface area contributed by atoms with Crippen molar-refractivity contribution in [1.29, 1.82) is 0 Å². The van der Waals surface area contributed by atoms with E-state index in [0.29, 0.717) is 5.02 Å². The fraction of sp³-hybridized carbons (Fsp3) is 0.286. The second-order valence-electron chi connectivity index (χ2n) is 7.44. The molecule has 0 atom stereocenters. The molecule has 0 radical (unpaired) electrons. The molecule has 3 heterocycles. The van der Waals surface area contributed by atoms with Crippen LogP contribution in [0.25, 0.3) is 16.6 Å². The van der Waals surface area contributed by atoms with Crippen molar-refractivity contribution in [3.63, 3.8) is 0 Å². The Morgan fingerprint density at radius 3 is 2.40 bits per heavy atom. The van der Waals surface area contributed by atoms with Crippen LogP contribution in [0.2, 0.25) is 5.02 Å². The lowest BCUT2D eigenvalue weighted by atomic mass is 10.2. The Balaban J connectivity index is 1.78. The van der Waals surface area contributed by atoms with Crippen LogP contribution in [0.3, 0.4) is 0 Å². The van der Waals surface area contributed by atoms with Gasteiger partial charge in [0.2, 0.25) is 14.9 Å². The number of hydrogen-bond donors (Lipinski definition) is 0. The van der Waals surface area contributed by atoms with Crippen LogP contribution in [0, 0.1) is 0 Å². The fourth-order valence-corrected chi connectivity index (χ4v) is 5.39. The van der Waals surface area contributed by atoms with Gasteiger partial charge in [0.15, 0.2) is 5.65 Å². The van der Waals surface area contributed by atoms with Gasteiger partial charge in [0.05, 0.1) is 10.4 Å². The molecule has 5 rings (SSSR count). The lowest BCUT2D eigenvalue weighted by molar-refractivity contribution is 0.592. The standard InChI is InChI=1S/C21H20ClN5O2S/c22-15-10-11-18-17(14-15)19(26-12-6-1-2-7-13-26)23-20-21(24-25-27(18)20)30(28,29)16-8-4-3-5-9-16/h3-5,8-11,14H,1-2,6-7,12-13H2. The Labute approximate surface area is 179 Å². The average Bonchev–Trinajstić information content (AvgIpc) is 3.01. The summed E-state index contributed by atoms with van der Waals surface area (Å²) in [7, 11) is -3.86. The van der Waals surface area contributed by atoms with E-state index in [1.54, 1.807) is 36.4 Å². The third-order valence-electron chi connectivity index (χ3n) is 5.47. The van der Waals surface area contributed by atoms with E-state index in [1.165, 1.54) is 17.4 Å². The first-order valence-electron chi connectivity index (χ1n) is 9.95. The van der Waals surface area contributed by atoms with Gasteiger partial charge >= 0.3 is 0 Å². The molecule has 0 bridgehead atoms. The number of nitrogens with zero attached hydrogens (tertiary/aromatic N) is 5. The SMILES string of the molecule is O=S(=O)(c1ccccc1)c1nnn2c1nc(N1CCCCCC1)c1cc(Cl)ccc12. The predicted molar refractivity (Wildman–Crippen MR) is 116 cm³/mol. The second kappa shape index (κ2) is 7.52. The lowest BCUT2D eigenvalue weighted by Crippen LogP contribution is -2.25. The van der Waals surface area contributed by atoms with Gasteiger partial charge in [0.1, 0.15) is 5.82 Å². The van der Waals surface area contributed by atoms with Crippen LogP contribution in [0.15, 0.2) is 58.5 Å². The first-order valence-corrected chi connectivity index (χ1v) is 11.8. The molecule has 0 N–H and O–H groups in total. The maximum atomic E-state index is 13.3. The number of fused-ring (bicyclic) bond motifs is 3. The van der Waals surface area contributed by atoms with E-state index in [9.17, 15) is 8.42 Å². The van der Waals surface area contributed by atoms with Crippen molar-refractivity contribution in [2.45, 2.75) is 35.6 Å². The topological polar surface area (TPSA) is 80.5 Å². The minimum atomic E-state index is -3.86.